The number of rotatable bonds is 8. The summed E-state index contributed by atoms with van der Waals surface area (Å²) in [4.78, 5) is 19.8. The Labute approximate surface area is 250 Å². The van der Waals surface area contributed by atoms with Gasteiger partial charge in [0.25, 0.3) is 5.91 Å². The minimum Gasteiger partial charge on any atom is -0.375 e. The number of benzene rings is 2. The summed E-state index contributed by atoms with van der Waals surface area (Å²) in [5.74, 6) is -0.177. The van der Waals surface area contributed by atoms with Crippen LogP contribution in [0.1, 0.15) is 70.8 Å². The zero-order valence-corrected chi connectivity index (χ0v) is 24.0. The van der Waals surface area contributed by atoms with E-state index >= 15 is 0 Å². The topological polar surface area (TPSA) is 99.2 Å². The minimum absolute atomic E-state index is 0.0220. The lowest BCUT2D eigenvalue weighted by Crippen LogP contribution is -2.50. The Hall–Kier alpha value is -4.16. The molecule has 0 atom stereocenters. The summed E-state index contributed by atoms with van der Waals surface area (Å²) >= 11 is 0. The van der Waals surface area contributed by atoms with Crippen molar-refractivity contribution in [1.82, 2.24) is 19.7 Å². The smallest absolute Gasteiger partial charge is 0.375 e. The summed E-state index contributed by atoms with van der Waals surface area (Å²) < 4.78 is 64.7. The molecule has 8 nitrogen and oxygen atoms in total. The van der Waals surface area contributed by atoms with Crippen molar-refractivity contribution in [3.05, 3.63) is 82.6 Å². The molecule has 0 saturated heterocycles. The lowest BCUT2D eigenvalue weighted by atomic mass is 9.78. The fourth-order valence-electron chi connectivity index (χ4n) is 6.04. The van der Waals surface area contributed by atoms with Crippen molar-refractivity contribution in [2.45, 2.75) is 62.9 Å². The van der Waals surface area contributed by atoms with Crippen LogP contribution in [-0.2, 0) is 31.1 Å². The highest BCUT2D eigenvalue weighted by Gasteiger charge is 2.41. The first-order valence-corrected chi connectivity index (χ1v) is 14.6. The van der Waals surface area contributed by atoms with Gasteiger partial charge in [0, 0.05) is 35.3 Å². The molecule has 12 heteroatoms. The standard InChI is InChI=1S/C32H30F4N6O2/c1-41-17-38-40-29(41)23-13-21(33)5-6-22(23)20-11-27(19-3-4-19)39-28(12-20)42-14-25-24(30(42)43)9-18(10-26(25)32(34,35)36)15-44-16-31(37)7-2-8-31/h5-6,9-13,17,19H,2-4,7-8,14-16,37H2,1H3. The number of anilines is 1. The molecule has 2 aromatic heterocycles. The number of nitrogens with zero attached hydrogens (tertiary/aromatic N) is 5. The number of hydrogen-bond donors (Lipinski definition) is 1. The number of hydrogen-bond acceptors (Lipinski definition) is 6. The maximum absolute atomic E-state index is 14.4. The van der Waals surface area contributed by atoms with Crippen molar-refractivity contribution in [3.63, 3.8) is 0 Å². The number of ether oxygens (including phenoxy) is 1. The van der Waals surface area contributed by atoms with Crippen LogP contribution in [0.2, 0.25) is 0 Å². The van der Waals surface area contributed by atoms with Crippen molar-refractivity contribution in [2.75, 3.05) is 11.5 Å². The fraction of sp³-hybridized carbons (Fsp3) is 0.375. The molecule has 2 fully saturated rings. The molecule has 2 aromatic carbocycles. The summed E-state index contributed by atoms with van der Waals surface area (Å²) in [6.45, 7) is -0.125. The highest BCUT2D eigenvalue weighted by atomic mass is 19.4. The first kappa shape index (κ1) is 28.6. The second-order valence-electron chi connectivity index (χ2n) is 12.1. The zero-order valence-electron chi connectivity index (χ0n) is 24.0. The Morgan fingerprint density at radius 2 is 1.86 bits per heavy atom. The molecule has 44 heavy (non-hydrogen) atoms. The number of alkyl halides is 3. The number of carbonyl (C=O) groups excluding carboxylic acids is 1. The van der Waals surface area contributed by atoms with Gasteiger partial charge in [0.2, 0.25) is 0 Å². The van der Waals surface area contributed by atoms with Crippen molar-refractivity contribution in [1.29, 1.82) is 0 Å². The Bertz CT molecular complexity index is 1780. The second-order valence-corrected chi connectivity index (χ2v) is 12.1. The molecule has 3 aliphatic rings. The van der Waals surface area contributed by atoms with Crippen molar-refractivity contribution in [3.8, 4) is 22.5 Å². The van der Waals surface area contributed by atoms with Gasteiger partial charge in [0.15, 0.2) is 5.82 Å². The zero-order chi connectivity index (χ0) is 30.8. The molecule has 0 bridgehead atoms. The van der Waals surface area contributed by atoms with Crippen LogP contribution in [0.5, 0.6) is 0 Å². The molecular weight excluding hydrogens is 576 g/mol. The third-order valence-electron chi connectivity index (χ3n) is 8.76. The Balaban J connectivity index is 1.27. The van der Waals surface area contributed by atoms with Gasteiger partial charge >= 0.3 is 6.18 Å². The Morgan fingerprint density at radius 1 is 1.07 bits per heavy atom. The normalized spacial score (nSPS) is 17.6. The van der Waals surface area contributed by atoms with Gasteiger partial charge in [-0.1, -0.05) is 6.07 Å². The molecule has 3 heterocycles. The number of nitrogens with two attached hydrogens (primary N) is 1. The molecule has 7 rings (SSSR count). The largest absolute Gasteiger partial charge is 0.416 e. The Kier molecular flexibility index (Phi) is 6.81. The van der Waals surface area contributed by atoms with Gasteiger partial charge in [-0.05, 0) is 90.8 Å². The van der Waals surface area contributed by atoms with E-state index in [0.29, 0.717) is 22.5 Å². The van der Waals surface area contributed by atoms with E-state index in [1.54, 1.807) is 23.7 Å². The van der Waals surface area contributed by atoms with Gasteiger partial charge in [0.05, 0.1) is 25.3 Å². The number of fused-ring (bicyclic) bond motifs is 1. The van der Waals surface area contributed by atoms with E-state index in [1.807, 2.05) is 6.07 Å². The SMILES string of the molecule is Cn1cnnc1-c1cc(F)ccc1-c1cc(C2CC2)nc(N2Cc3c(cc(COCC4(N)CCC4)cc3C(F)(F)F)C2=O)c1. The van der Waals surface area contributed by atoms with Crippen LogP contribution in [0.15, 0.2) is 48.8 Å². The first-order valence-electron chi connectivity index (χ1n) is 14.6. The van der Waals surface area contributed by atoms with Crippen LogP contribution in [0.25, 0.3) is 22.5 Å². The maximum atomic E-state index is 14.4. The highest BCUT2D eigenvalue weighted by Crippen LogP contribution is 2.44. The van der Waals surface area contributed by atoms with Crippen LogP contribution >= 0.6 is 0 Å². The maximum Gasteiger partial charge on any atom is 0.416 e. The van der Waals surface area contributed by atoms with Crippen LogP contribution in [0, 0.1) is 5.82 Å². The van der Waals surface area contributed by atoms with E-state index in [1.165, 1.54) is 29.4 Å². The quantitative estimate of drug-likeness (QED) is 0.242. The average molecular weight is 607 g/mol. The number of aromatic nitrogens is 4. The molecular formula is C32H30F4N6O2. The predicted molar refractivity (Wildman–Crippen MR) is 154 cm³/mol. The molecule has 2 saturated carbocycles. The Morgan fingerprint density at radius 3 is 2.52 bits per heavy atom. The number of halogens is 4. The van der Waals surface area contributed by atoms with E-state index in [-0.39, 0.29) is 48.2 Å². The van der Waals surface area contributed by atoms with Gasteiger partial charge in [-0.25, -0.2) is 9.37 Å². The van der Waals surface area contributed by atoms with Crippen LogP contribution < -0.4 is 10.6 Å². The van der Waals surface area contributed by atoms with Crippen molar-refractivity contribution >= 4 is 11.7 Å². The number of carbonyl (C=O) groups is 1. The summed E-state index contributed by atoms with van der Waals surface area (Å²) in [5, 5.41) is 8.07. The van der Waals surface area contributed by atoms with Gasteiger partial charge in [0.1, 0.15) is 18.0 Å². The molecule has 4 aromatic rings. The minimum atomic E-state index is -4.67. The van der Waals surface area contributed by atoms with E-state index in [2.05, 4.69) is 10.2 Å². The van der Waals surface area contributed by atoms with Crippen molar-refractivity contribution < 1.29 is 27.1 Å². The molecule has 0 unspecified atom stereocenters. The van der Waals surface area contributed by atoms with Gasteiger partial charge in [-0.3, -0.25) is 9.69 Å². The van der Waals surface area contributed by atoms with Gasteiger partial charge in [-0.15, -0.1) is 10.2 Å². The lowest BCUT2D eigenvalue weighted by Gasteiger charge is -2.37. The molecule has 0 radical (unpaired) electrons. The molecule has 1 amide bonds. The molecule has 2 aliphatic carbocycles. The van der Waals surface area contributed by atoms with Crippen LogP contribution in [0.4, 0.5) is 23.4 Å². The predicted octanol–water partition coefficient (Wildman–Crippen LogP) is 6.14. The number of amides is 1. The summed E-state index contributed by atoms with van der Waals surface area (Å²) in [5.41, 5.74) is 7.55. The number of pyridine rings is 1. The van der Waals surface area contributed by atoms with E-state index in [4.69, 9.17) is 15.5 Å². The molecule has 1 aliphatic heterocycles. The first-order chi connectivity index (χ1) is 21.0. The number of aryl methyl sites for hydroxylation is 1. The van der Waals surface area contributed by atoms with Crippen molar-refractivity contribution in [2.24, 2.45) is 12.8 Å². The summed E-state index contributed by atoms with van der Waals surface area (Å²) in [6.07, 6.45) is 1.28. The third-order valence-corrected chi connectivity index (χ3v) is 8.76. The van der Waals surface area contributed by atoms with Gasteiger partial charge in [-0.2, -0.15) is 13.2 Å². The molecule has 2 N–H and O–H groups in total. The van der Waals surface area contributed by atoms with E-state index < -0.39 is 29.0 Å². The molecule has 0 spiro atoms. The molecule has 228 valence electrons. The van der Waals surface area contributed by atoms with E-state index in [0.717, 1.165) is 43.9 Å². The fourth-order valence-corrected chi connectivity index (χ4v) is 6.04. The summed E-state index contributed by atoms with van der Waals surface area (Å²) in [7, 11) is 1.75. The highest BCUT2D eigenvalue weighted by molar-refractivity contribution is 6.10. The van der Waals surface area contributed by atoms with Crippen LogP contribution in [0.3, 0.4) is 0 Å². The second kappa shape index (κ2) is 10.5. The average Bonchev–Trinajstić information content (AvgIpc) is 3.65. The lowest BCUT2D eigenvalue weighted by molar-refractivity contribution is -0.138. The van der Waals surface area contributed by atoms with Crippen LogP contribution in [-0.4, -0.2) is 37.8 Å². The van der Waals surface area contributed by atoms with E-state index in [9.17, 15) is 22.4 Å². The third kappa shape index (κ3) is 5.26. The van der Waals surface area contributed by atoms with Gasteiger partial charge < -0.3 is 15.0 Å². The monoisotopic (exact) mass is 606 g/mol. The summed E-state index contributed by atoms with van der Waals surface area (Å²) in [6, 6.07) is 10.4.